The summed E-state index contributed by atoms with van der Waals surface area (Å²) in [5.74, 6) is -0.0398. The van der Waals surface area contributed by atoms with Crippen molar-refractivity contribution < 1.29 is 9.53 Å². The van der Waals surface area contributed by atoms with E-state index in [0.717, 1.165) is 38.0 Å². The molecule has 2 heterocycles. The summed E-state index contributed by atoms with van der Waals surface area (Å²) in [7, 11) is 1.88. The third-order valence-electron chi connectivity index (χ3n) is 3.31. The summed E-state index contributed by atoms with van der Waals surface area (Å²) in [4.78, 5) is 12.1. The molecule has 1 N–H and O–H groups in total. The minimum absolute atomic E-state index is 0.0398. The number of carbonyl (C=O) groups is 1. The van der Waals surface area contributed by atoms with Crippen LogP contribution in [0.3, 0.4) is 0 Å². The van der Waals surface area contributed by atoms with Gasteiger partial charge in [0.25, 0.3) is 5.91 Å². The molecule has 0 saturated carbocycles. The predicted molar refractivity (Wildman–Crippen MR) is 68.5 cm³/mol. The number of nitrogens with zero attached hydrogens (tertiary/aromatic N) is 2. The third-order valence-corrected chi connectivity index (χ3v) is 3.31. The lowest BCUT2D eigenvalue weighted by atomic mass is 10.1. The van der Waals surface area contributed by atoms with Crippen LogP contribution in [-0.2, 0) is 18.2 Å². The maximum absolute atomic E-state index is 12.1. The summed E-state index contributed by atoms with van der Waals surface area (Å²) < 4.78 is 7.27. The van der Waals surface area contributed by atoms with E-state index in [2.05, 4.69) is 17.3 Å². The second-order valence-corrected chi connectivity index (χ2v) is 4.72. The Balaban J connectivity index is 1.95. The molecular weight excluding hydrogens is 230 g/mol. The first-order chi connectivity index (χ1) is 8.72. The van der Waals surface area contributed by atoms with Crippen LogP contribution in [0.15, 0.2) is 6.20 Å². The second kappa shape index (κ2) is 6.00. The minimum Gasteiger partial charge on any atom is -0.376 e. The van der Waals surface area contributed by atoms with Crippen molar-refractivity contribution in [2.45, 2.75) is 38.7 Å². The first kappa shape index (κ1) is 13.1. The van der Waals surface area contributed by atoms with Crippen LogP contribution in [0.5, 0.6) is 0 Å². The summed E-state index contributed by atoms with van der Waals surface area (Å²) in [6.07, 6.45) is 5.84. The molecule has 100 valence electrons. The van der Waals surface area contributed by atoms with E-state index in [9.17, 15) is 4.79 Å². The van der Waals surface area contributed by atoms with Gasteiger partial charge in [-0.25, -0.2) is 0 Å². The van der Waals surface area contributed by atoms with Gasteiger partial charge < -0.3 is 10.1 Å². The van der Waals surface area contributed by atoms with Crippen LogP contribution in [0.25, 0.3) is 0 Å². The second-order valence-electron chi connectivity index (χ2n) is 4.72. The average molecular weight is 251 g/mol. The lowest BCUT2D eigenvalue weighted by molar-refractivity contribution is 0.0857. The highest BCUT2D eigenvalue weighted by Gasteiger charge is 2.19. The van der Waals surface area contributed by atoms with E-state index in [-0.39, 0.29) is 12.0 Å². The first-order valence-electron chi connectivity index (χ1n) is 6.63. The van der Waals surface area contributed by atoms with Gasteiger partial charge in [-0.15, -0.1) is 0 Å². The van der Waals surface area contributed by atoms with Crippen molar-refractivity contribution in [3.05, 3.63) is 17.5 Å². The van der Waals surface area contributed by atoms with Crippen molar-refractivity contribution in [1.82, 2.24) is 15.1 Å². The van der Waals surface area contributed by atoms with Gasteiger partial charge in [0.05, 0.1) is 23.6 Å². The average Bonchev–Trinajstić information content (AvgIpc) is 2.98. The van der Waals surface area contributed by atoms with Crippen LogP contribution in [0.2, 0.25) is 0 Å². The Morgan fingerprint density at radius 2 is 2.50 bits per heavy atom. The monoisotopic (exact) mass is 251 g/mol. The van der Waals surface area contributed by atoms with Crippen molar-refractivity contribution in [3.63, 3.8) is 0 Å². The maximum Gasteiger partial charge on any atom is 0.254 e. The van der Waals surface area contributed by atoms with Gasteiger partial charge in [0.1, 0.15) is 0 Å². The van der Waals surface area contributed by atoms with E-state index in [4.69, 9.17) is 4.74 Å². The zero-order valence-electron chi connectivity index (χ0n) is 11.1. The first-order valence-corrected chi connectivity index (χ1v) is 6.63. The van der Waals surface area contributed by atoms with Crippen LogP contribution in [0.1, 0.15) is 42.2 Å². The molecular formula is C13H21N3O2. The molecule has 1 atom stereocenters. The fourth-order valence-electron chi connectivity index (χ4n) is 2.29. The Hall–Kier alpha value is -1.36. The van der Waals surface area contributed by atoms with E-state index < -0.39 is 0 Å². The number of rotatable bonds is 5. The van der Waals surface area contributed by atoms with Gasteiger partial charge in [-0.05, 0) is 19.3 Å². The van der Waals surface area contributed by atoms with E-state index >= 15 is 0 Å². The molecule has 1 amide bonds. The smallest absolute Gasteiger partial charge is 0.254 e. The van der Waals surface area contributed by atoms with Gasteiger partial charge in [-0.3, -0.25) is 9.48 Å². The van der Waals surface area contributed by atoms with Crippen LogP contribution in [0, 0.1) is 0 Å². The highest BCUT2D eigenvalue weighted by atomic mass is 16.5. The highest BCUT2D eigenvalue weighted by molar-refractivity contribution is 5.95. The normalized spacial score (nSPS) is 19.1. The molecule has 1 fully saturated rings. The van der Waals surface area contributed by atoms with Gasteiger partial charge in [0.15, 0.2) is 0 Å². The zero-order valence-corrected chi connectivity index (χ0v) is 11.1. The lowest BCUT2D eigenvalue weighted by Crippen LogP contribution is -2.32. The van der Waals surface area contributed by atoms with Crippen molar-refractivity contribution >= 4 is 5.91 Å². The number of hydrogen-bond donors (Lipinski definition) is 1. The fraction of sp³-hybridized carbons (Fsp3) is 0.692. The number of aromatic nitrogens is 2. The third kappa shape index (κ3) is 2.90. The number of aryl methyl sites for hydroxylation is 1. The molecule has 1 aromatic heterocycles. The lowest BCUT2D eigenvalue weighted by Gasteiger charge is -2.11. The minimum atomic E-state index is -0.0398. The topological polar surface area (TPSA) is 56.1 Å². The molecule has 1 aliphatic heterocycles. The molecule has 1 saturated heterocycles. The molecule has 1 unspecified atom stereocenters. The van der Waals surface area contributed by atoms with E-state index in [1.807, 2.05) is 7.05 Å². The molecule has 0 spiro atoms. The standard InChI is InChI=1S/C13H21N3O2/c1-3-5-12-11(9-15-16(12)2)13(17)14-8-10-6-4-7-18-10/h9-10H,3-8H2,1-2H3,(H,14,17). The Kier molecular flexibility index (Phi) is 4.36. The SMILES string of the molecule is CCCc1c(C(=O)NCC2CCCO2)cnn1C. The number of hydrogen-bond acceptors (Lipinski definition) is 3. The van der Waals surface area contributed by atoms with Crippen molar-refractivity contribution in [2.75, 3.05) is 13.2 Å². The molecule has 1 aromatic rings. The van der Waals surface area contributed by atoms with Gasteiger partial charge in [-0.1, -0.05) is 13.3 Å². The maximum atomic E-state index is 12.1. The van der Waals surface area contributed by atoms with Crippen LogP contribution < -0.4 is 5.32 Å². The molecule has 0 radical (unpaired) electrons. The van der Waals surface area contributed by atoms with E-state index in [0.29, 0.717) is 12.1 Å². The highest BCUT2D eigenvalue weighted by Crippen LogP contribution is 2.12. The van der Waals surface area contributed by atoms with E-state index in [1.165, 1.54) is 0 Å². The number of nitrogens with one attached hydrogen (secondary N) is 1. The Labute approximate surface area is 108 Å². The predicted octanol–water partition coefficient (Wildman–Crippen LogP) is 1.28. The molecule has 0 bridgehead atoms. The van der Waals surface area contributed by atoms with Crippen LogP contribution in [-0.4, -0.2) is 34.9 Å². The molecule has 0 aromatic carbocycles. The quantitative estimate of drug-likeness (QED) is 0.857. The molecule has 1 aliphatic rings. The van der Waals surface area contributed by atoms with Crippen molar-refractivity contribution in [2.24, 2.45) is 7.05 Å². The number of amides is 1. The Morgan fingerprint density at radius 3 is 3.17 bits per heavy atom. The molecule has 18 heavy (non-hydrogen) atoms. The summed E-state index contributed by atoms with van der Waals surface area (Å²) in [6, 6.07) is 0. The van der Waals surface area contributed by atoms with Gasteiger partial charge in [-0.2, -0.15) is 5.10 Å². The Bertz CT molecular complexity index is 408. The van der Waals surface area contributed by atoms with Gasteiger partial charge in [0.2, 0.25) is 0 Å². The van der Waals surface area contributed by atoms with Gasteiger partial charge in [0, 0.05) is 20.2 Å². The van der Waals surface area contributed by atoms with Gasteiger partial charge >= 0.3 is 0 Å². The zero-order chi connectivity index (χ0) is 13.0. The molecule has 5 nitrogen and oxygen atoms in total. The summed E-state index contributed by atoms with van der Waals surface area (Å²) in [5, 5.41) is 7.10. The number of ether oxygens (including phenoxy) is 1. The Morgan fingerprint density at radius 1 is 1.67 bits per heavy atom. The van der Waals surface area contributed by atoms with Crippen molar-refractivity contribution in [1.29, 1.82) is 0 Å². The summed E-state index contributed by atoms with van der Waals surface area (Å²) in [5.41, 5.74) is 1.69. The van der Waals surface area contributed by atoms with Crippen LogP contribution >= 0.6 is 0 Å². The fourth-order valence-corrected chi connectivity index (χ4v) is 2.29. The molecule has 2 rings (SSSR count). The summed E-state index contributed by atoms with van der Waals surface area (Å²) >= 11 is 0. The van der Waals surface area contributed by atoms with E-state index in [1.54, 1.807) is 10.9 Å². The van der Waals surface area contributed by atoms with Crippen molar-refractivity contribution in [3.8, 4) is 0 Å². The largest absolute Gasteiger partial charge is 0.376 e. The summed E-state index contributed by atoms with van der Waals surface area (Å²) in [6.45, 7) is 3.51. The van der Waals surface area contributed by atoms with Crippen LogP contribution in [0.4, 0.5) is 0 Å². The molecule has 0 aliphatic carbocycles. The number of carbonyl (C=O) groups excluding carboxylic acids is 1. The molecule has 5 heteroatoms.